The van der Waals surface area contributed by atoms with E-state index in [1.165, 1.54) is 12.1 Å². The number of hydrogen-bond donors (Lipinski definition) is 2. The molecule has 0 aliphatic carbocycles. The maximum Gasteiger partial charge on any atom is 0.336 e. The van der Waals surface area contributed by atoms with E-state index >= 15 is 0 Å². The van der Waals surface area contributed by atoms with E-state index in [4.69, 9.17) is 10.4 Å². The lowest BCUT2D eigenvalue weighted by molar-refractivity contribution is 0.0695. The van der Waals surface area contributed by atoms with Crippen LogP contribution in [0, 0.1) is 16.7 Å². The molecule has 0 aliphatic heterocycles. The quantitative estimate of drug-likeness (QED) is 0.832. The fraction of sp³-hybridized carbons (Fsp3) is 0.429. The van der Waals surface area contributed by atoms with Gasteiger partial charge in [0.05, 0.1) is 21.9 Å². The number of hydrogen-bond acceptors (Lipinski definition) is 4. The van der Waals surface area contributed by atoms with Crippen LogP contribution in [0.3, 0.4) is 0 Å². The summed E-state index contributed by atoms with van der Waals surface area (Å²) in [5.74, 6) is -1.17. The summed E-state index contributed by atoms with van der Waals surface area (Å²) in [4.78, 5) is 11.0. The molecule has 0 radical (unpaired) electrons. The standard InChI is InChI=1S/C14H18N2O4S/c1-4-10-5-6-11(7-12(10)13(17)18)21(19,20)16-9-14(2,3)8-15/h5-7,16H,4,9H2,1-3H3,(H,17,18). The molecule has 0 fully saturated rings. The Balaban J connectivity index is 3.13. The Morgan fingerprint density at radius 2 is 2.05 bits per heavy atom. The molecular weight excluding hydrogens is 292 g/mol. The van der Waals surface area contributed by atoms with Crippen molar-refractivity contribution in [2.45, 2.75) is 32.1 Å². The highest BCUT2D eigenvalue weighted by Crippen LogP contribution is 2.18. The minimum atomic E-state index is -3.85. The van der Waals surface area contributed by atoms with Crippen LogP contribution in [0.15, 0.2) is 23.1 Å². The first-order valence-electron chi connectivity index (χ1n) is 6.40. The third-order valence-electron chi connectivity index (χ3n) is 3.01. The molecule has 21 heavy (non-hydrogen) atoms. The number of aryl methyl sites for hydroxylation is 1. The first-order valence-corrected chi connectivity index (χ1v) is 7.88. The van der Waals surface area contributed by atoms with Gasteiger partial charge >= 0.3 is 5.97 Å². The maximum atomic E-state index is 12.2. The largest absolute Gasteiger partial charge is 0.478 e. The van der Waals surface area contributed by atoms with Gasteiger partial charge in [0.1, 0.15) is 0 Å². The van der Waals surface area contributed by atoms with Crippen molar-refractivity contribution in [2.24, 2.45) is 5.41 Å². The molecule has 1 aromatic rings. The first-order chi connectivity index (χ1) is 9.63. The number of nitrogens with one attached hydrogen (secondary N) is 1. The number of aromatic carboxylic acids is 1. The zero-order chi connectivity index (χ0) is 16.3. The molecular formula is C14H18N2O4S. The van der Waals surface area contributed by atoms with E-state index in [-0.39, 0.29) is 17.0 Å². The molecule has 0 atom stereocenters. The van der Waals surface area contributed by atoms with Gasteiger partial charge in [0, 0.05) is 6.54 Å². The highest BCUT2D eigenvalue weighted by molar-refractivity contribution is 7.89. The second kappa shape index (κ2) is 6.24. The van der Waals surface area contributed by atoms with Crippen molar-refractivity contribution in [3.63, 3.8) is 0 Å². The Bertz CT molecular complexity index is 687. The molecule has 0 spiro atoms. The van der Waals surface area contributed by atoms with Gasteiger partial charge in [0.2, 0.25) is 10.0 Å². The van der Waals surface area contributed by atoms with E-state index in [2.05, 4.69) is 4.72 Å². The van der Waals surface area contributed by atoms with Gasteiger partial charge in [-0.25, -0.2) is 17.9 Å². The molecule has 0 bridgehead atoms. The predicted molar refractivity (Wildman–Crippen MR) is 77.4 cm³/mol. The van der Waals surface area contributed by atoms with E-state index in [0.29, 0.717) is 12.0 Å². The summed E-state index contributed by atoms with van der Waals surface area (Å²) in [6.07, 6.45) is 0.497. The molecule has 7 heteroatoms. The zero-order valence-electron chi connectivity index (χ0n) is 12.2. The summed E-state index contributed by atoms with van der Waals surface area (Å²) in [7, 11) is -3.85. The van der Waals surface area contributed by atoms with Gasteiger partial charge in [0.15, 0.2) is 0 Å². The van der Waals surface area contributed by atoms with Crippen LogP contribution < -0.4 is 4.72 Å². The van der Waals surface area contributed by atoms with Crippen molar-refractivity contribution in [1.29, 1.82) is 5.26 Å². The molecule has 0 amide bonds. The van der Waals surface area contributed by atoms with Gasteiger partial charge in [-0.1, -0.05) is 13.0 Å². The monoisotopic (exact) mass is 310 g/mol. The van der Waals surface area contributed by atoms with E-state index in [9.17, 15) is 13.2 Å². The van der Waals surface area contributed by atoms with Crippen LogP contribution in [0.2, 0.25) is 0 Å². The molecule has 0 aromatic heterocycles. The summed E-state index contributed by atoms with van der Waals surface area (Å²) in [5, 5.41) is 18.0. The number of nitrogens with zero attached hydrogens (tertiary/aromatic N) is 1. The Kier molecular flexibility index (Phi) is 5.10. The number of sulfonamides is 1. The van der Waals surface area contributed by atoms with E-state index in [1.807, 2.05) is 6.07 Å². The van der Waals surface area contributed by atoms with Gasteiger partial charge in [-0.15, -0.1) is 0 Å². The lowest BCUT2D eigenvalue weighted by atomic mass is 9.97. The second-order valence-corrected chi connectivity index (χ2v) is 7.06. The average molecular weight is 310 g/mol. The average Bonchev–Trinajstić information content (AvgIpc) is 2.44. The highest BCUT2D eigenvalue weighted by atomic mass is 32.2. The lowest BCUT2D eigenvalue weighted by Gasteiger charge is -2.16. The van der Waals surface area contributed by atoms with Crippen LogP contribution in [-0.4, -0.2) is 26.0 Å². The maximum absolute atomic E-state index is 12.2. The summed E-state index contributed by atoms with van der Waals surface area (Å²) in [6, 6.07) is 6.00. The Morgan fingerprint density at radius 3 is 2.52 bits per heavy atom. The normalized spacial score (nSPS) is 11.9. The summed E-state index contributed by atoms with van der Waals surface area (Å²) in [6.45, 7) is 4.96. The van der Waals surface area contributed by atoms with Crippen LogP contribution in [0.5, 0.6) is 0 Å². The molecule has 0 heterocycles. The molecule has 2 N–H and O–H groups in total. The van der Waals surface area contributed by atoms with Crippen molar-refractivity contribution in [1.82, 2.24) is 4.72 Å². The number of carboxylic acid groups (broad SMARTS) is 1. The summed E-state index contributed by atoms with van der Waals surface area (Å²) >= 11 is 0. The van der Waals surface area contributed by atoms with Crippen molar-refractivity contribution in [3.05, 3.63) is 29.3 Å². The number of benzene rings is 1. The van der Waals surface area contributed by atoms with Gasteiger partial charge in [-0.3, -0.25) is 0 Å². The van der Waals surface area contributed by atoms with Gasteiger partial charge in [0.25, 0.3) is 0 Å². The lowest BCUT2D eigenvalue weighted by Crippen LogP contribution is -2.33. The molecule has 0 aliphatic rings. The fourth-order valence-corrected chi connectivity index (χ4v) is 2.87. The third-order valence-corrected chi connectivity index (χ3v) is 4.41. The topological polar surface area (TPSA) is 107 Å². The molecule has 0 saturated heterocycles. The smallest absolute Gasteiger partial charge is 0.336 e. The summed E-state index contributed by atoms with van der Waals surface area (Å²) in [5.41, 5.74) is -0.301. The van der Waals surface area contributed by atoms with E-state index < -0.39 is 21.4 Å². The van der Waals surface area contributed by atoms with Gasteiger partial charge < -0.3 is 5.11 Å². The second-order valence-electron chi connectivity index (χ2n) is 5.30. The Hall–Kier alpha value is -1.91. The van der Waals surface area contributed by atoms with Crippen LogP contribution in [0.1, 0.15) is 36.7 Å². The Morgan fingerprint density at radius 1 is 1.43 bits per heavy atom. The number of rotatable bonds is 6. The highest BCUT2D eigenvalue weighted by Gasteiger charge is 2.23. The number of carboxylic acids is 1. The molecule has 0 unspecified atom stereocenters. The van der Waals surface area contributed by atoms with Crippen LogP contribution in [-0.2, 0) is 16.4 Å². The molecule has 1 rings (SSSR count). The number of carbonyl (C=O) groups is 1. The van der Waals surface area contributed by atoms with Crippen LogP contribution >= 0.6 is 0 Å². The van der Waals surface area contributed by atoms with Crippen LogP contribution in [0.4, 0.5) is 0 Å². The van der Waals surface area contributed by atoms with Crippen molar-refractivity contribution in [2.75, 3.05) is 6.54 Å². The number of nitriles is 1. The van der Waals surface area contributed by atoms with E-state index in [0.717, 1.165) is 6.07 Å². The SMILES string of the molecule is CCc1ccc(S(=O)(=O)NCC(C)(C)C#N)cc1C(=O)O. The van der Waals surface area contributed by atoms with Gasteiger partial charge in [-0.2, -0.15) is 5.26 Å². The predicted octanol–water partition coefficient (Wildman–Crippen LogP) is 1.78. The molecule has 1 aromatic carbocycles. The van der Waals surface area contributed by atoms with Crippen molar-refractivity contribution >= 4 is 16.0 Å². The minimum Gasteiger partial charge on any atom is -0.478 e. The fourth-order valence-electron chi connectivity index (χ4n) is 1.63. The zero-order valence-corrected chi connectivity index (χ0v) is 13.0. The van der Waals surface area contributed by atoms with E-state index in [1.54, 1.807) is 20.8 Å². The third kappa shape index (κ3) is 4.28. The summed E-state index contributed by atoms with van der Waals surface area (Å²) < 4.78 is 26.6. The molecule has 0 saturated carbocycles. The molecule has 114 valence electrons. The molecule has 6 nitrogen and oxygen atoms in total. The van der Waals surface area contributed by atoms with Crippen LogP contribution in [0.25, 0.3) is 0 Å². The van der Waals surface area contributed by atoms with Crippen molar-refractivity contribution in [3.8, 4) is 6.07 Å². The minimum absolute atomic E-state index is 0.0279. The first kappa shape index (κ1) is 17.1. The van der Waals surface area contributed by atoms with Crippen molar-refractivity contribution < 1.29 is 18.3 Å². The Labute approximate surface area is 124 Å². The van der Waals surface area contributed by atoms with Gasteiger partial charge in [-0.05, 0) is 38.0 Å².